The molecule has 7 heteroatoms. The number of carbonyl (C=O) groups is 2. The summed E-state index contributed by atoms with van der Waals surface area (Å²) in [6.45, 7) is 0. The molecule has 2 rings (SSSR count). The lowest BCUT2D eigenvalue weighted by molar-refractivity contribution is -0.137. The molecule has 0 saturated carbocycles. The second kappa shape index (κ2) is 7.29. The number of aliphatic carboxylic acids is 1. The van der Waals surface area contributed by atoms with Crippen molar-refractivity contribution in [3.63, 3.8) is 0 Å². The molecule has 1 heterocycles. The van der Waals surface area contributed by atoms with Gasteiger partial charge in [0.25, 0.3) is 5.91 Å². The number of halogens is 1. The van der Waals surface area contributed by atoms with E-state index in [-0.39, 0.29) is 6.42 Å². The van der Waals surface area contributed by atoms with Crippen LogP contribution >= 0.6 is 22.9 Å². The van der Waals surface area contributed by atoms with Gasteiger partial charge in [0.15, 0.2) is 0 Å². The molecule has 0 aliphatic carbocycles. The molecule has 2 N–H and O–H groups in total. The summed E-state index contributed by atoms with van der Waals surface area (Å²) in [7, 11) is 1.47. The lowest BCUT2D eigenvalue weighted by Gasteiger charge is -2.18. The van der Waals surface area contributed by atoms with Crippen LogP contribution in [-0.4, -0.2) is 24.1 Å². The van der Waals surface area contributed by atoms with Crippen molar-refractivity contribution in [2.75, 3.05) is 7.11 Å². The second-order valence-corrected chi connectivity index (χ2v) is 5.79. The molecule has 0 aliphatic heterocycles. The number of carbonyl (C=O) groups excluding carboxylic acids is 1. The predicted molar refractivity (Wildman–Crippen MR) is 84.8 cm³/mol. The summed E-state index contributed by atoms with van der Waals surface area (Å²) in [5.74, 6) is -0.961. The Morgan fingerprint density at radius 3 is 2.73 bits per heavy atom. The maximum Gasteiger partial charge on any atom is 0.305 e. The summed E-state index contributed by atoms with van der Waals surface area (Å²) in [5, 5.41) is 13.9. The minimum absolute atomic E-state index is 0.261. The van der Waals surface area contributed by atoms with Gasteiger partial charge in [0.1, 0.15) is 10.6 Å². The molecule has 116 valence electrons. The Balaban J connectivity index is 2.26. The van der Waals surface area contributed by atoms with Crippen LogP contribution in [0.1, 0.15) is 27.7 Å². The molecule has 1 amide bonds. The number of hydrogen-bond acceptors (Lipinski definition) is 4. The zero-order chi connectivity index (χ0) is 16.1. The number of rotatable bonds is 6. The van der Waals surface area contributed by atoms with E-state index >= 15 is 0 Å². The van der Waals surface area contributed by atoms with Crippen molar-refractivity contribution in [2.45, 2.75) is 12.5 Å². The minimum Gasteiger partial charge on any atom is -0.495 e. The molecule has 0 aliphatic rings. The molecule has 1 aromatic carbocycles. The number of methoxy groups -OCH3 is 1. The van der Waals surface area contributed by atoms with Crippen molar-refractivity contribution in [2.24, 2.45) is 0 Å². The SMILES string of the molecule is COc1ccsc1C(=O)N[C@@H](CC(=O)O)c1ccccc1Cl. The van der Waals surface area contributed by atoms with E-state index in [4.69, 9.17) is 21.4 Å². The van der Waals surface area contributed by atoms with Crippen LogP contribution in [0.4, 0.5) is 0 Å². The van der Waals surface area contributed by atoms with Gasteiger partial charge in [0.05, 0.1) is 19.6 Å². The highest BCUT2D eigenvalue weighted by Gasteiger charge is 2.23. The Hall–Kier alpha value is -2.05. The molecule has 0 spiro atoms. The highest BCUT2D eigenvalue weighted by molar-refractivity contribution is 7.12. The molecule has 2 aromatic rings. The van der Waals surface area contributed by atoms with Crippen molar-refractivity contribution >= 4 is 34.8 Å². The number of thiophene rings is 1. The Labute approximate surface area is 136 Å². The third kappa shape index (κ3) is 3.78. The first-order valence-electron chi connectivity index (χ1n) is 6.41. The predicted octanol–water partition coefficient (Wildman–Crippen LogP) is 3.36. The maximum atomic E-state index is 12.3. The van der Waals surface area contributed by atoms with Gasteiger partial charge in [-0.3, -0.25) is 9.59 Å². The highest BCUT2D eigenvalue weighted by Crippen LogP contribution is 2.28. The van der Waals surface area contributed by atoms with Crippen LogP contribution in [0.3, 0.4) is 0 Å². The zero-order valence-electron chi connectivity index (χ0n) is 11.7. The normalized spacial score (nSPS) is 11.7. The average molecular weight is 340 g/mol. The zero-order valence-corrected chi connectivity index (χ0v) is 13.3. The van der Waals surface area contributed by atoms with E-state index in [0.717, 1.165) is 0 Å². The van der Waals surface area contributed by atoms with Gasteiger partial charge in [-0.1, -0.05) is 29.8 Å². The summed E-state index contributed by atoms with van der Waals surface area (Å²) in [5.41, 5.74) is 0.565. The van der Waals surface area contributed by atoms with Gasteiger partial charge in [-0.25, -0.2) is 0 Å². The van der Waals surface area contributed by atoms with Crippen LogP contribution in [0.25, 0.3) is 0 Å². The number of ether oxygens (including phenoxy) is 1. The molecule has 0 bridgehead atoms. The van der Waals surface area contributed by atoms with Crippen molar-refractivity contribution in [3.05, 3.63) is 51.2 Å². The van der Waals surface area contributed by atoms with E-state index in [2.05, 4.69) is 5.32 Å². The lowest BCUT2D eigenvalue weighted by Crippen LogP contribution is -2.30. The Kier molecular flexibility index (Phi) is 5.41. The Morgan fingerprint density at radius 1 is 1.36 bits per heavy atom. The average Bonchev–Trinajstić information content (AvgIpc) is 2.95. The van der Waals surface area contributed by atoms with Gasteiger partial charge in [-0.2, -0.15) is 0 Å². The van der Waals surface area contributed by atoms with Crippen LogP contribution in [0.2, 0.25) is 5.02 Å². The van der Waals surface area contributed by atoms with Crippen LogP contribution in [-0.2, 0) is 4.79 Å². The first kappa shape index (κ1) is 16.3. The van der Waals surface area contributed by atoms with Crippen LogP contribution < -0.4 is 10.1 Å². The molecular formula is C15H14ClNO4S. The molecule has 0 unspecified atom stereocenters. The monoisotopic (exact) mass is 339 g/mol. The largest absolute Gasteiger partial charge is 0.495 e. The molecule has 1 atom stereocenters. The van der Waals surface area contributed by atoms with E-state index in [1.54, 1.807) is 35.7 Å². The number of carboxylic acids is 1. The fourth-order valence-electron chi connectivity index (χ4n) is 2.02. The third-order valence-corrected chi connectivity index (χ3v) is 4.26. The van der Waals surface area contributed by atoms with Crippen molar-refractivity contribution in [1.82, 2.24) is 5.32 Å². The quantitative estimate of drug-likeness (QED) is 0.846. The summed E-state index contributed by atoms with van der Waals surface area (Å²) in [4.78, 5) is 23.8. The Bertz CT molecular complexity index is 686. The van der Waals surface area contributed by atoms with E-state index in [1.807, 2.05) is 0 Å². The first-order chi connectivity index (χ1) is 10.5. The molecule has 5 nitrogen and oxygen atoms in total. The molecule has 0 radical (unpaired) electrons. The minimum atomic E-state index is -1.02. The van der Waals surface area contributed by atoms with Crippen molar-refractivity contribution in [3.8, 4) is 5.75 Å². The van der Waals surface area contributed by atoms with Gasteiger partial charge < -0.3 is 15.2 Å². The van der Waals surface area contributed by atoms with E-state index in [0.29, 0.717) is 21.2 Å². The number of nitrogens with one attached hydrogen (secondary N) is 1. The van der Waals surface area contributed by atoms with E-state index in [9.17, 15) is 9.59 Å². The van der Waals surface area contributed by atoms with E-state index in [1.165, 1.54) is 18.4 Å². The molecule has 0 saturated heterocycles. The summed E-state index contributed by atoms with van der Waals surface area (Å²) < 4.78 is 5.11. The smallest absolute Gasteiger partial charge is 0.305 e. The summed E-state index contributed by atoms with van der Waals surface area (Å²) >= 11 is 7.33. The third-order valence-electron chi connectivity index (χ3n) is 3.02. The molecule has 0 fully saturated rings. The summed E-state index contributed by atoms with van der Waals surface area (Å²) in [6.07, 6.45) is -0.261. The number of amides is 1. The Morgan fingerprint density at radius 2 is 2.09 bits per heavy atom. The van der Waals surface area contributed by atoms with Crippen LogP contribution in [0.5, 0.6) is 5.75 Å². The molecular weight excluding hydrogens is 326 g/mol. The molecule has 1 aromatic heterocycles. The maximum absolute atomic E-state index is 12.3. The van der Waals surface area contributed by atoms with Crippen molar-refractivity contribution < 1.29 is 19.4 Å². The van der Waals surface area contributed by atoms with Gasteiger partial charge >= 0.3 is 5.97 Å². The van der Waals surface area contributed by atoms with E-state index < -0.39 is 17.9 Å². The fourth-order valence-corrected chi connectivity index (χ4v) is 3.05. The van der Waals surface area contributed by atoms with Crippen LogP contribution in [0.15, 0.2) is 35.7 Å². The number of benzene rings is 1. The molecule has 22 heavy (non-hydrogen) atoms. The number of hydrogen-bond donors (Lipinski definition) is 2. The topological polar surface area (TPSA) is 75.6 Å². The van der Waals surface area contributed by atoms with Gasteiger partial charge in [0.2, 0.25) is 0 Å². The lowest BCUT2D eigenvalue weighted by atomic mass is 10.0. The highest BCUT2D eigenvalue weighted by atomic mass is 35.5. The van der Waals surface area contributed by atoms with Crippen molar-refractivity contribution in [1.29, 1.82) is 0 Å². The van der Waals surface area contributed by atoms with Crippen LogP contribution in [0, 0.1) is 0 Å². The fraction of sp³-hybridized carbons (Fsp3) is 0.200. The van der Waals surface area contributed by atoms with Gasteiger partial charge in [-0.15, -0.1) is 11.3 Å². The summed E-state index contributed by atoms with van der Waals surface area (Å²) in [6, 6.07) is 7.81. The second-order valence-electron chi connectivity index (χ2n) is 4.46. The number of carboxylic acid groups (broad SMARTS) is 1. The standard InChI is InChI=1S/C15H14ClNO4S/c1-21-12-6-7-22-14(12)15(20)17-11(8-13(18)19)9-4-2-3-5-10(9)16/h2-7,11H,8H2,1H3,(H,17,20)(H,18,19)/t11-/m0/s1. The van der Waals surface area contributed by atoms with Gasteiger partial charge in [0, 0.05) is 5.02 Å². The first-order valence-corrected chi connectivity index (χ1v) is 7.67. The van der Waals surface area contributed by atoms with Gasteiger partial charge in [-0.05, 0) is 23.1 Å².